The van der Waals surface area contributed by atoms with E-state index in [0.717, 1.165) is 0 Å². The monoisotopic (exact) mass is 293 g/mol. The van der Waals surface area contributed by atoms with Crippen LogP contribution < -0.4 is 10.5 Å². The summed E-state index contributed by atoms with van der Waals surface area (Å²) >= 11 is 5.53. The molecule has 3 nitrogen and oxygen atoms in total. The second-order valence-corrected chi connectivity index (χ2v) is 4.45. The molecule has 0 saturated heterocycles. The second kappa shape index (κ2) is 6.39. The number of alkyl halides is 1. The Kier molecular flexibility index (Phi) is 4.58. The van der Waals surface area contributed by atoms with Crippen LogP contribution in [0.5, 0.6) is 5.75 Å². The predicted octanol–water partition coefficient (Wildman–Crippen LogP) is 3.21. The number of benzene rings is 2. The molecule has 0 aliphatic heterocycles. The van der Waals surface area contributed by atoms with Crippen LogP contribution in [0.2, 0.25) is 0 Å². The molecule has 0 bridgehead atoms. The fourth-order valence-corrected chi connectivity index (χ4v) is 1.95. The summed E-state index contributed by atoms with van der Waals surface area (Å²) in [5, 5.41) is 0. The molecule has 5 heteroatoms. The Bertz CT molecular complexity index is 617. The Morgan fingerprint density at radius 2 is 1.90 bits per heavy atom. The molecule has 0 aliphatic carbocycles. The third-order valence-electron chi connectivity index (χ3n) is 2.77. The van der Waals surface area contributed by atoms with Gasteiger partial charge in [0.15, 0.2) is 11.6 Å². The van der Waals surface area contributed by atoms with Crippen LogP contribution in [0, 0.1) is 5.82 Å². The standard InChI is InChI=1S/C15H13ClFNO2/c16-8-9-20-14-12(15(18)19)7-6-11(13(14)17)10-4-2-1-3-5-10/h1-7H,8-9H2,(H2,18,19). The molecule has 0 saturated carbocycles. The van der Waals surface area contributed by atoms with Crippen LogP contribution in [-0.4, -0.2) is 18.4 Å². The van der Waals surface area contributed by atoms with Crippen molar-refractivity contribution < 1.29 is 13.9 Å². The van der Waals surface area contributed by atoms with Crippen LogP contribution in [-0.2, 0) is 0 Å². The van der Waals surface area contributed by atoms with Crippen molar-refractivity contribution in [3.8, 4) is 16.9 Å². The highest BCUT2D eigenvalue weighted by molar-refractivity contribution is 6.18. The van der Waals surface area contributed by atoms with E-state index in [1.165, 1.54) is 12.1 Å². The Hall–Kier alpha value is -2.07. The SMILES string of the molecule is NC(=O)c1ccc(-c2ccccc2)c(F)c1OCCCl. The van der Waals surface area contributed by atoms with Gasteiger partial charge in [-0.15, -0.1) is 11.6 Å². The zero-order chi connectivity index (χ0) is 14.5. The normalized spacial score (nSPS) is 10.3. The highest BCUT2D eigenvalue weighted by atomic mass is 35.5. The van der Waals surface area contributed by atoms with E-state index in [4.69, 9.17) is 22.1 Å². The van der Waals surface area contributed by atoms with E-state index in [0.29, 0.717) is 11.1 Å². The minimum absolute atomic E-state index is 0.00676. The van der Waals surface area contributed by atoms with Gasteiger partial charge < -0.3 is 10.5 Å². The topological polar surface area (TPSA) is 52.3 Å². The largest absolute Gasteiger partial charge is 0.488 e. The van der Waals surface area contributed by atoms with Gasteiger partial charge in [-0.3, -0.25) is 4.79 Å². The summed E-state index contributed by atoms with van der Waals surface area (Å²) in [6, 6.07) is 12.0. The van der Waals surface area contributed by atoms with Gasteiger partial charge in [-0.05, 0) is 11.6 Å². The van der Waals surface area contributed by atoms with Gasteiger partial charge in [-0.25, -0.2) is 4.39 Å². The number of ether oxygens (including phenoxy) is 1. The molecule has 0 radical (unpaired) electrons. The van der Waals surface area contributed by atoms with Gasteiger partial charge in [0, 0.05) is 5.56 Å². The van der Waals surface area contributed by atoms with Crippen LogP contribution in [0.1, 0.15) is 10.4 Å². The third-order valence-corrected chi connectivity index (χ3v) is 2.93. The number of amides is 1. The molecular weight excluding hydrogens is 281 g/mol. The first-order valence-corrected chi connectivity index (χ1v) is 6.55. The number of primary amides is 1. The first kappa shape index (κ1) is 14.3. The summed E-state index contributed by atoms with van der Waals surface area (Å²) in [6.45, 7) is 0.0942. The molecule has 0 unspecified atom stereocenters. The number of carbonyl (C=O) groups is 1. The molecular formula is C15H13ClFNO2. The van der Waals surface area contributed by atoms with Gasteiger partial charge in [0.25, 0.3) is 5.91 Å². The zero-order valence-corrected chi connectivity index (χ0v) is 11.4. The molecule has 0 fully saturated rings. The van der Waals surface area contributed by atoms with Crippen LogP contribution in [0.4, 0.5) is 4.39 Å². The number of carbonyl (C=O) groups excluding carboxylic acids is 1. The summed E-state index contributed by atoms with van der Waals surface area (Å²) in [5.74, 6) is -1.32. The first-order valence-electron chi connectivity index (χ1n) is 6.01. The van der Waals surface area contributed by atoms with Crippen molar-refractivity contribution in [2.75, 3.05) is 12.5 Å². The van der Waals surface area contributed by atoms with Crippen LogP contribution in [0.15, 0.2) is 42.5 Å². The Balaban J connectivity index is 2.54. The number of rotatable bonds is 5. The molecule has 0 aromatic heterocycles. The van der Waals surface area contributed by atoms with Crippen molar-refractivity contribution in [3.63, 3.8) is 0 Å². The number of hydrogen-bond acceptors (Lipinski definition) is 2. The van der Waals surface area contributed by atoms with E-state index in [-0.39, 0.29) is 23.8 Å². The van der Waals surface area contributed by atoms with Crippen LogP contribution >= 0.6 is 11.6 Å². The van der Waals surface area contributed by atoms with Crippen molar-refractivity contribution >= 4 is 17.5 Å². The summed E-state index contributed by atoms with van der Waals surface area (Å²) in [5.41, 5.74) is 6.27. The average molecular weight is 294 g/mol. The van der Waals surface area contributed by atoms with Crippen molar-refractivity contribution in [1.82, 2.24) is 0 Å². The summed E-state index contributed by atoms with van der Waals surface area (Å²) in [6.07, 6.45) is 0. The molecule has 2 rings (SSSR count). The minimum atomic E-state index is -0.743. The summed E-state index contributed by atoms with van der Waals surface area (Å²) in [4.78, 5) is 11.3. The molecule has 2 aromatic rings. The third kappa shape index (κ3) is 2.91. The number of nitrogens with two attached hydrogens (primary N) is 1. The highest BCUT2D eigenvalue weighted by Crippen LogP contribution is 2.32. The molecule has 2 N–H and O–H groups in total. The Morgan fingerprint density at radius 3 is 2.50 bits per heavy atom. The molecule has 0 spiro atoms. The zero-order valence-electron chi connectivity index (χ0n) is 10.6. The van der Waals surface area contributed by atoms with Gasteiger partial charge in [0.05, 0.1) is 11.4 Å². The van der Waals surface area contributed by atoms with Gasteiger partial charge in [-0.2, -0.15) is 0 Å². The van der Waals surface area contributed by atoms with Crippen LogP contribution in [0.25, 0.3) is 11.1 Å². The van der Waals surface area contributed by atoms with Crippen molar-refractivity contribution in [1.29, 1.82) is 0 Å². The van der Waals surface area contributed by atoms with Crippen molar-refractivity contribution in [2.45, 2.75) is 0 Å². The van der Waals surface area contributed by atoms with Crippen molar-refractivity contribution in [2.24, 2.45) is 5.73 Å². The highest BCUT2D eigenvalue weighted by Gasteiger charge is 2.19. The Morgan fingerprint density at radius 1 is 1.20 bits per heavy atom. The number of hydrogen-bond donors (Lipinski definition) is 1. The summed E-state index contributed by atoms with van der Waals surface area (Å²) in [7, 11) is 0. The average Bonchev–Trinajstić information content (AvgIpc) is 2.46. The maximum Gasteiger partial charge on any atom is 0.252 e. The fourth-order valence-electron chi connectivity index (χ4n) is 1.87. The Labute approximate surface area is 121 Å². The van der Waals surface area contributed by atoms with Gasteiger partial charge in [0.2, 0.25) is 0 Å². The molecule has 104 valence electrons. The lowest BCUT2D eigenvalue weighted by atomic mass is 10.0. The molecule has 1 amide bonds. The molecule has 0 heterocycles. The van der Waals surface area contributed by atoms with E-state index < -0.39 is 11.7 Å². The molecule has 0 aliphatic rings. The maximum absolute atomic E-state index is 14.5. The van der Waals surface area contributed by atoms with Crippen LogP contribution in [0.3, 0.4) is 0 Å². The lowest BCUT2D eigenvalue weighted by molar-refractivity contribution is 0.0995. The second-order valence-electron chi connectivity index (χ2n) is 4.07. The molecule has 0 atom stereocenters. The first-order chi connectivity index (χ1) is 9.65. The van der Waals surface area contributed by atoms with E-state index in [9.17, 15) is 9.18 Å². The smallest absolute Gasteiger partial charge is 0.252 e. The van der Waals surface area contributed by atoms with E-state index in [1.807, 2.05) is 6.07 Å². The lowest BCUT2D eigenvalue weighted by Crippen LogP contribution is -2.15. The minimum Gasteiger partial charge on any atom is -0.488 e. The lowest BCUT2D eigenvalue weighted by Gasteiger charge is -2.13. The quantitative estimate of drug-likeness (QED) is 0.861. The fraction of sp³-hybridized carbons (Fsp3) is 0.133. The maximum atomic E-state index is 14.5. The van der Waals surface area contributed by atoms with E-state index in [1.54, 1.807) is 24.3 Å². The van der Waals surface area contributed by atoms with E-state index in [2.05, 4.69) is 0 Å². The molecule has 20 heavy (non-hydrogen) atoms. The van der Waals surface area contributed by atoms with Gasteiger partial charge in [0.1, 0.15) is 6.61 Å². The summed E-state index contributed by atoms with van der Waals surface area (Å²) < 4.78 is 19.8. The van der Waals surface area contributed by atoms with Gasteiger partial charge >= 0.3 is 0 Å². The predicted molar refractivity (Wildman–Crippen MR) is 76.6 cm³/mol. The van der Waals surface area contributed by atoms with Gasteiger partial charge in [-0.1, -0.05) is 36.4 Å². The number of halogens is 2. The molecule has 2 aromatic carbocycles. The van der Waals surface area contributed by atoms with Crippen molar-refractivity contribution in [3.05, 3.63) is 53.8 Å². The van der Waals surface area contributed by atoms with E-state index >= 15 is 0 Å².